The number of fused-ring (bicyclic) bond motifs is 1. The van der Waals surface area contributed by atoms with Crippen molar-refractivity contribution in [2.75, 3.05) is 26.3 Å². The molecule has 2 aliphatic rings. The van der Waals surface area contributed by atoms with Gasteiger partial charge in [-0.3, -0.25) is 14.6 Å². The summed E-state index contributed by atoms with van der Waals surface area (Å²) in [4.78, 5) is 30.6. The zero-order chi connectivity index (χ0) is 19.3. The lowest BCUT2D eigenvalue weighted by molar-refractivity contribution is -0.133. The van der Waals surface area contributed by atoms with Crippen molar-refractivity contribution >= 4 is 22.7 Å². The molecule has 0 saturated carbocycles. The average molecular weight is 381 g/mol. The van der Waals surface area contributed by atoms with Crippen molar-refractivity contribution in [2.24, 2.45) is 5.92 Å². The number of nitrogens with one attached hydrogen (secondary N) is 1. The number of piperidine rings is 1. The van der Waals surface area contributed by atoms with Gasteiger partial charge in [-0.1, -0.05) is 18.2 Å². The summed E-state index contributed by atoms with van der Waals surface area (Å²) in [6.45, 7) is 2.47. The summed E-state index contributed by atoms with van der Waals surface area (Å²) in [6, 6.07) is 10.2. The van der Waals surface area contributed by atoms with Crippen LogP contribution in [0.3, 0.4) is 0 Å². The van der Waals surface area contributed by atoms with Gasteiger partial charge in [0.25, 0.3) is 0 Å². The molecule has 2 aliphatic heterocycles. The van der Waals surface area contributed by atoms with Gasteiger partial charge in [0.2, 0.25) is 11.8 Å². The summed E-state index contributed by atoms with van der Waals surface area (Å²) < 4.78 is 5.67. The van der Waals surface area contributed by atoms with Gasteiger partial charge < -0.3 is 15.0 Å². The fourth-order valence-electron chi connectivity index (χ4n) is 4.19. The van der Waals surface area contributed by atoms with Crippen LogP contribution in [-0.4, -0.2) is 54.0 Å². The van der Waals surface area contributed by atoms with Gasteiger partial charge in [0.1, 0.15) is 0 Å². The number of likely N-dealkylation sites (tertiary alicyclic amines) is 1. The molecule has 2 saturated heterocycles. The van der Waals surface area contributed by atoms with Crippen LogP contribution in [0.1, 0.15) is 31.2 Å². The molecule has 0 bridgehead atoms. The predicted molar refractivity (Wildman–Crippen MR) is 107 cm³/mol. The van der Waals surface area contributed by atoms with E-state index in [9.17, 15) is 9.59 Å². The van der Waals surface area contributed by atoms with Crippen LogP contribution in [0.4, 0.5) is 0 Å². The molecule has 4 rings (SSSR count). The zero-order valence-electron chi connectivity index (χ0n) is 16.1. The largest absolute Gasteiger partial charge is 0.379 e. The SMILES string of the molecule is O=C(CCN1CCCCC1=O)N[C@@H]1COC[C@H]1Cc1ccnc2ccccc12. The van der Waals surface area contributed by atoms with Crippen molar-refractivity contribution in [1.82, 2.24) is 15.2 Å². The van der Waals surface area contributed by atoms with Crippen LogP contribution in [0, 0.1) is 5.92 Å². The summed E-state index contributed by atoms with van der Waals surface area (Å²) in [5.74, 6) is 0.413. The lowest BCUT2D eigenvalue weighted by Crippen LogP contribution is -2.43. The van der Waals surface area contributed by atoms with Crippen LogP contribution >= 0.6 is 0 Å². The first kappa shape index (κ1) is 18.9. The van der Waals surface area contributed by atoms with E-state index in [1.54, 1.807) is 0 Å². The first-order valence-corrected chi connectivity index (χ1v) is 10.2. The van der Waals surface area contributed by atoms with E-state index < -0.39 is 0 Å². The normalized spacial score (nSPS) is 22.6. The van der Waals surface area contributed by atoms with E-state index in [1.165, 1.54) is 5.56 Å². The van der Waals surface area contributed by atoms with Crippen molar-refractivity contribution < 1.29 is 14.3 Å². The molecule has 1 aromatic carbocycles. The van der Waals surface area contributed by atoms with Crippen LogP contribution in [0.2, 0.25) is 0 Å². The fourth-order valence-corrected chi connectivity index (χ4v) is 4.19. The average Bonchev–Trinajstić information content (AvgIpc) is 3.14. The van der Waals surface area contributed by atoms with Crippen LogP contribution < -0.4 is 5.32 Å². The van der Waals surface area contributed by atoms with Gasteiger partial charge in [0.05, 0.1) is 24.8 Å². The minimum atomic E-state index is -0.00143. The molecule has 148 valence electrons. The highest BCUT2D eigenvalue weighted by molar-refractivity contribution is 5.82. The number of carbonyl (C=O) groups excluding carboxylic acids is 2. The van der Waals surface area contributed by atoms with Crippen molar-refractivity contribution in [1.29, 1.82) is 0 Å². The van der Waals surface area contributed by atoms with E-state index >= 15 is 0 Å². The van der Waals surface area contributed by atoms with Crippen molar-refractivity contribution in [3.05, 3.63) is 42.1 Å². The fraction of sp³-hybridized carbons (Fsp3) is 0.500. The lowest BCUT2D eigenvalue weighted by atomic mass is 9.93. The predicted octanol–water partition coefficient (Wildman–Crippen LogP) is 2.31. The van der Waals surface area contributed by atoms with Crippen molar-refractivity contribution in [3.63, 3.8) is 0 Å². The third kappa shape index (κ3) is 4.33. The maximum Gasteiger partial charge on any atom is 0.222 e. The topological polar surface area (TPSA) is 71.5 Å². The molecule has 28 heavy (non-hydrogen) atoms. The lowest BCUT2D eigenvalue weighted by Gasteiger charge is -2.27. The molecule has 2 aromatic rings. The zero-order valence-corrected chi connectivity index (χ0v) is 16.1. The van der Waals surface area contributed by atoms with E-state index in [2.05, 4.69) is 22.4 Å². The molecule has 0 aliphatic carbocycles. The molecule has 2 atom stereocenters. The third-order valence-corrected chi connectivity index (χ3v) is 5.80. The summed E-state index contributed by atoms with van der Waals surface area (Å²) in [5, 5.41) is 4.29. The quantitative estimate of drug-likeness (QED) is 0.834. The summed E-state index contributed by atoms with van der Waals surface area (Å²) in [7, 11) is 0. The standard InChI is InChI=1S/C22H27N3O3/c26-21(9-12-25-11-4-3-7-22(25)27)24-20-15-28-14-17(20)13-16-8-10-23-19-6-2-1-5-18(16)19/h1-2,5-6,8,10,17,20H,3-4,7,9,11-15H2,(H,24,26)/t17-,20-/m1/s1. The molecular weight excluding hydrogens is 354 g/mol. The number of rotatable bonds is 6. The second-order valence-corrected chi connectivity index (χ2v) is 7.75. The van der Waals surface area contributed by atoms with Gasteiger partial charge in [-0.2, -0.15) is 0 Å². The number of aromatic nitrogens is 1. The van der Waals surface area contributed by atoms with Gasteiger partial charge in [0.15, 0.2) is 0 Å². The summed E-state index contributed by atoms with van der Waals surface area (Å²) in [6.07, 6.45) is 5.65. The Balaban J connectivity index is 1.34. The maximum atomic E-state index is 12.4. The van der Waals surface area contributed by atoms with E-state index in [4.69, 9.17) is 4.74 Å². The van der Waals surface area contributed by atoms with Gasteiger partial charge in [0, 0.05) is 43.4 Å². The van der Waals surface area contributed by atoms with E-state index in [-0.39, 0.29) is 23.8 Å². The second kappa shape index (κ2) is 8.69. The molecule has 2 amide bonds. The van der Waals surface area contributed by atoms with E-state index in [0.717, 1.165) is 36.7 Å². The molecule has 1 N–H and O–H groups in total. The Hall–Kier alpha value is -2.47. The highest BCUT2D eigenvalue weighted by Crippen LogP contribution is 2.24. The number of nitrogens with zero attached hydrogens (tertiary/aromatic N) is 2. The van der Waals surface area contributed by atoms with Crippen LogP contribution in [0.15, 0.2) is 36.5 Å². The van der Waals surface area contributed by atoms with Crippen LogP contribution in [0.5, 0.6) is 0 Å². The number of amides is 2. The molecule has 0 radical (unpaired) electrons. The second-order valence-electron chi connectivity index (χ2n) is 7.75. The van der Waals surface area contributed by atoms with Crippen LogP contribution in [-0.2, 0) is 20.7 Å². The Morgan fingerprint density at radius 2 is 2.11 bits per heavy atom. The number of hydrogen-bond acceptors (Lipinski definition) is 4. The minimum absolute atomic E-state index is 0.00143. The van der Waals surface area contributed by atoms with E-state index in [1.807, 2.05) is 29.3 Å². The number of carbonyl (C=O) groups is 2. The smallest absolute Gasteiger partial charge is 0.222 e. The third-order valence-electron chi connectivity index (χ3n) is 5.80. The Labute approximate surface area is 165 Å². The maximum absolute atomic E-state index is 12.4. The highest BCUT2D eigenvalue weighted by Gasteiger charge is 2.30. The van der Waals surface area contributed by atoms with Crippen LogP contribution in [0.25, 0.3) is 10.9 Å². The first-order chi connectivity index (χ1) is 13.7. The molecular formula is C22H27N3O3. The Kier molecular flexibility index (Phi) is 5.86. The molecule has 6 nitrogen and oxygen atoms in total. The van der Waals surface area contributed by atoms with Crippen molar-refractivity contribution in [3.8, 4) is 0 Å². The van der Waals surface area contributed by atoms with Gasteiger partial charge in [-0.25, -0.2) is 0 Å². The number of pyridine rings is 1. The highest BCUT2D eigenvalue weighted by atomic mass is 16.5. The Morgan fingerprint density at radius 3 is 3.00 bits per heavy atom. The summed E-state index contributed by atoms with van der Waals surface area (Å²) >= 11 is 0. The Bertz CT molecular complexity index is 849. The monoisotopic (exact) mass is 381 g/mol. The molecule has 2 fully saturated rings. The number of ether oxygens (including phenoxy) is 1. The van der Waals surface area contributed by atoms with Gasteiger partial charge in [-0.15, -0.1) is 0 Å². The molecule has 1 aromatic heterocycles. The van der Waals surface area contributed by atoms with Gasteiger partial charge >= 0.3 is 0 Å². The number of para-hydroxylation sites is 1. The molecule has 0 unspecified atom stereocenters. The van der Waals surface area contributed by atoms with Gasteiger partial charge in [-0.05, 0) is 37.0 Å². The molecule has 0 spiro atoms. The first-order valence-electron chi connectivity index (χ1n) is 10.2. The van der Waals surface area contributed by atoms with Crippen molar-refractivity contribution in [2.45, 2.75) is 38.1 Å². The number of benzene rings is 1. The Morgan fingerprint density at radius 1 is 1.21 bits per heavy atom. The molecule has 3 heterocycles. The minimum Gasteiger partial charge on any atom is -0.379 e. The van der Waals surface area contributed by atoms with E-state index in [0.29, 0.717) is 32.6 Å². The number of hydrogen-bond donors (Lipinski definition) is 1. The summed E-state index contributed by atoms with van der Waals surface area (Å²) in [5.41, 5.74) is 2.23. The molecule has 6 heteroatoms.